The van der Waals surface area contributed by atoms with Crippen LogP contribution >= 0.6 is 11.6 Å². The van der Waals surface area contributed by atoms with Gasteiger partial charge in [0.1, 0.15) is 0 Å². The molecule has 2 heterocycles. The normalized spacial score (nSPS) is 20.8. The van der Waals surface area contributed by atoms with Gasteiger partial charge in [0, 0.05) is 31.3 Å². The van der Waals surface area contributed by atoms with Gasteiger partial charge in [0.05, 0.1) is 5.69 Å². The highest BCUT2D eigenvalue weighted by Crippen LogP contribution is 2.35. The molecule has 1 atom stereocenters. The van der Waals surface area contributed by atoms with Gasteiger partial charge in [-0.1, -0.05) is 6.92 Å². The van der Waals surface area contributed by atoms with E-state index in [2.05, 4.69) is 35.9 Å². The molecule has 1 aliphatic rings. The van der Waals surface area contributed by atoms with Gasteiger partial charge in [-0.25, -0.2) is 0 Å². The summed E-state index contributed by atoms with van der Waals surface area (Å²) in [6.45, 7) is 6.05. The molecule has 1 aromatic rings. The zero-order valence-corrected chi connectivity index (χ0v) is 12.1. The Morgan fingerprint density at radius 1 is 1.50 bits per heavy atom. The lowest BCUT2D eigenvalue weighted by Crippen LogP contribution is -2.33. The number of halogens is 1. The fourth-order valence-corrected chi connectivity index (χ4v) is 2.81. The summed E-state index contributed by atoms with van der Waals surface area (Å²) < 4.78 is 7.51. The summed E-state index contributed by atoms with van der Waals surface area (Å²) in [5.41, 5.74) is 1.35. The lowest BCUT2D eigenvalue weighted by molar-refractivity contribution is 0.0253. The maximum atomic E-state index is 6.19. The van der Waals surface area contributed by atoms with Crippen molar-refractivity contribution in [3.63, 3.8) is 0 Å². The molecule has 0 saturated carbocycles. The van der Waals surface area contributed by atoms with Crippen molar-refractivity contribution in [3.8, 4) is 0 Å². The van der Waals surface area contributed by atoms with Crippen LogP contribution in [0.5, 0.6) is 0 Å². The van der Waals surface area contributed by atoms with Crippen LogP contribution in [0.25, 0.3) is 0 Å². The van der Waals surface area contributed by atoms with Gasteiger partial charge in [0.15, 0.2) is 0 Å². The Labute approximate surface area is 114 Å². The molecule has 1 fully saturated rings. The zero-order valence-electron chi connectivity index (χ0n) is 11.4. The molecule has 1 saturated heterocycles. The quantitative estimate of drug-likeness (QED) is 0.767. The van der Waals surface area contributed by atoms with Gasteiger partial charge in [-0.05, 0) is 44.1 Å². The van der Waals surface area contributed by atoms with Gasteiger partial charge in [-0.15, -0.1) is 11.6 Å². The first kappa shape index (κ1) is 13.9. The molecular formula is C14H23ClN2O. The van der Waals surface area contributed by atoms with E-state index in [1.165, 1.54) is 0 Å². The van der Waals surface area contributed by atoms with E-state index in [9.17, 15) is 0 Å². The van der Waals surface area contributed by atoms with Crippen LogP contribution in [0.1, 0.15) is 44.8 Å². The number of ether oxygens (including phenoxy) is 1. The van der Waals surface area contributed by atoms with Crippen molar-refractivity contribution in [2.45, 2.75) is 45.6 Å². The smallest absolute Gasteiger partial charge is 0.0630 e. The molecule has 0 aliphatic carbocycles. The summed E-state index contributed by atoms with van der Waals surface area (Å²) in [7, 11) is 0. The third-order valence-electron chi connectivity index (χ3n) is 4.10. The van der Waals surface area contributed by atoms with Crippen molar-refractivity contribution in [1.82, 2.24) is 9.78 Å². The number of hydrogen-bond acceptors (Lipinski definition) is 2. The van der Waals surface area contributed by atoms with Gasteiger partial charge < -0.3 is 4.74 Å². The van der Waals surface area contributed by atoms with Crippen molar-refractivity contribution >= 4 is 11.6 Å². The maximum absolute atomic E-state index is 6.19. The SMILES string of the molecule is CCC(C)n1ccc(CC2(CCl)CCOCC2)n1. The van der Waals surface area contributed by atoms with Crippen molar-refractivity contribution in [2.75, 3.05) is 19.1 Å². The van der Waals surface area contributed by atoms with E-state index in [4.69, 9.17) is 16.3 Å². The van der Waals surface area contributed by atoms with E-state index >= 15 is 0 Å². The molecule has 18 heavy (non-hydrogen) atoms. The summed E-state index contributed by atoms with van der Waals surface area (Å²) in [5, 5.41) is 4.69. The molecule has 0 aromatic carbocycles. The molecule has 1 aliphatic heterocycles. The van der Waals surface area contributed by atoms with Crippen molar-refractivity contribution < 1.29 is 4.74 Å². The Kier molecular flexibility index (Phi) is 4.68. The highest BCUT2D eigenvalue weighted by molar-refractivity contribution is 6.18. The van der Waals surface area contributed by atoms with E-state index in [0.717, 1.165) is 44.6 Å². The summed E-state index contributed by atoms with van der Waals surface area (Å²) >= 11 is 6.19. The monoisotopic (exact) mass is 270 g/mol. The zero-order chi connectivity index (χ0) is 13.0. The first-order chi connectivity index (χ1) is 8.69. The lowest BCUT2D eigenvalue weighted by Gasteiger charge is -2.34. The Morgan fingerprint density at radius 2 is 2.22 bits per heavy atom. The second-order valence-corrected chi connectivity index (χ2v) is 5.73. The van der Waals surface area contributed by atoms with Crippen LogP contribution in [0.3, 0.4) is 0 Å². The van der Waals surface area contributed by atoms with E-state index in [-0.39, 0.29) is 5.41 Å². The first-order valence-electron chi connectivity index (χ1n) is 6.87. The fourth-order valence-electron chi connectivity index (χ4n) is 2.45. The molecular weight excluding hydrogens is 248 g/mol. The summed E-state index contributed by atoms with van der Waals surface area (Å²) in [4.78, 5) is 0. The Morgan fingerprint density at radius 3 is 2.83 bits per heavy atom. The van der Waals surface area contributed by atoms with Crippen molar-refractivity contribution in [1.29, 1.82) is 0 Å². The third kappa shape index (κ3) is 3.07. The maximum Gasteiger partial charge on any atom is 0.0630 e. The molecule has 0 N–H and O–H groups in total. The van der Waals surface area contributed by atoms with Crippen molar-refractivity contribution in [3.05, 3.63) is 18.0 Å². The van der Waals surface area contributed by atoms with E-state index in [1.54, 1.807) is 0 Å². The summed E-state index contributed by atoms with van der Waals surface area (Å²) in [6.07, 6.45) is 6.27. The van der Waals surface area contributed by atoms with Crippen LogP contribution in [0.2, 0.25) is 0 Å². The first-order valence-corrected chi connectivity index (χ1v) is 7.40. The molecule has 3 nitrogen and oxygen atoms in total. The standard InChI is InChI=1S/C14H23ClN2O/c1-3-12(2)17-7-4-13(16-17)10-14(11-15)5-8-18-9-6-14/h4,7,12H,3,5-6,8-11H2,1-2H3. The Bertz CT molecular complexity index is 372. The second-order valence-electron chi connectivity index (χ2n) is 5.47. The predicted octanol–water partition coefficient (Wildman–Crippen LogP) is 3.43. The number of rotatable bonds is 5. The molecule has 1 unspecified atom stereocenters. The van der Waals surface area contributed by atoms with E-state index < -0.39 is 0 Å². The van der Waals surface area contributed by atoms with Crippen LogP contribution in [-0.4, -0.2) is 28.9 Å². The van der Waals surface area contributed by atoms with Crippen molar-refractivity contribution in [2.24, 2.45) is 5.41 Å². The highest BCUT2D eigenvalue weighted by atomic mass is 35.5. The van der Waals surface area contributed by atoms with Gasteiger partial charge in [-0.2, -0.15) is 5.10 Å². The van der Waals surface area contributed by atoms with Crippen LogP contribution < -0.4 is 0 Å². The van der Waals surface area contributed by atoms with Crippen LogP contribution in [0, 0.1) is 5.41 Å². The van der Waals surface area contributed by atoms with Crippen LogP contribution in [-0.2, 0) is 11.2 Å². The van der Waals surface area contributed by atoms with Gasteiger partial charge in [0.2, 0.25) is 0 Å². The molecule has 4 heteroatoms. The molecule has 0 radical (unpaired) electrons. The Hall–Kier alpha value is -0.540. The average molecular weight is 271 g/mol. The van der Waals surface area contributed by atoms with Crippen LogP contribution in [0.4, 0.5) is 0 Å². The minimum Gasteiger partial charge on any atom is -0.381 e. The number of nitrogens with zero attached hydrogens (tertiary/aromatic N) is 2. The van der Waals surface area contributed by atoms with Crippen LogP contribution in [0.15, 0.2) is 12.3 Å². The lowest BCUT2D eigenvalue weighted by atomic mass is 9.78. The second kappa shape index (κ2) is 6.07. The number of alkyl halides is 1. The fraction of sp³-hybridized carbons (Fsp3) is 0.786. The minimum atomic E-state index is 0.189. The molecule has 2 rings (SSSR count). The molecule has 1 aromatic heterocycles. The minimum absolute atomic E-state index is 0.189. The Balaban J connectivity index is 2.05. The molecule has 0 amide bonds. The number of aromatic nitrogens is 2. The molecule has 102 valence electrons. The predicted molar refractivity (Wildman–Crippen MR) is 74.1 cm³/mol. The summed E-state index contributed by atoms with van der Waals surface area (Å²) in [6, 6.07) is 2.61. The topological polar surface area (TPSA) is 27.1 Å². The number of hydrogen-bond donors (Lipinski definition) is 0. The summed E-state index contributed by atoms with van der Waals surface area (Å²) in [5.74, 6) is 0.701. The van der Waals surface area contributed by atoms with Gasteiger partial charge in [0.25, 0.3) is 0 Å². The molecule has 0 spiro atoms. The highest BCUT2D eigenvalue weighted by Gasteiger charge is 2.32. The molecule has 0 bridgehead atoms. The van der Waals surface area contributed by atoms with E-state index in [1.807, 2.05) is 0 Å². The van der Waals surface area contributed by atoms with E-state index in [0.29, 0.717) is 11.9 Å². The average Bonchev–Trinajstić information content (AvgIpc) is 2.87. The largest absolute Gasteiger partial charge is 0.381 e. The third-order valence-corrected chi connectivity index (χ3v) is 4.67. The van der Waals surface area contributed by atoms with Gasteiger partial charge in [-0.3, -0.25) is 4.68 Å². The van der Waals surface area contributed by atoms with Gasteiger partial charge >= 0.3 is 0 Å².